The van der Waals surface area contributed by atoms with E-state index in [9.17, 15) is 14.0 Å². The minimum Gasteiger partial charge on any atom is -0.366 e. The fraction of sp³-hybridized carbons (Fsp3) is 0.619. The smallest absolute Gasteiger partial charge is 0.236 e. The zero-order valence-electron chi connectivity index (χ0n) is 17.9. The normalized spacial score (nSPS) is 21.4. The topological polar surface area (TPSA) is 69.9 Å². The van der Waals surface area contributed by atoms with Crippen LogP contribution in [0.5, 0.6) is 0 Å². The van der Waals surface area contributed by atoms with Gasteiger partial charge in [-0.1, -0.05) is 13.8 Å². The summed E-state index contributed by atoms with van der Waals surface area (Å²) in [7, 11) is 0. The van der Waals surface area contributed by atoms with E-state index in [1.165, 1.54) is 13.0 Å². The standard InChI is InChI=1S/C21H31FN4O2.2ClH/c1-15(27)16-4-5-18(17(22)12-16)25-8-10-26(11-9-25)20(28)13-24-7-6-19(23)21(2,3)14-24;;/h4-5,12,19H,6-11,13-14,23H2,1-3H3;2*1H. The van der Waals surface area contributed by atoms with Gasteiger partial charge in [-0.25, -0.2) is 4.39 Å². The number of likely N-dealkylation sites (tertiary alicyclic amines) is 1. The largest absolute Gasteiger partial charge is 0.366 e. The molecule has 30 heavy (non-hydrogen) atoms. The lowest BCUT2D eigenvalue weighted by Crippen LogP contribution is -2.56. The van der Waals surface area contributed by atoms with Crippen molar-refractivity contribution in [2.75, 3.05) is 50.7 Å². The molecule has 1 atom stereocenters. The van der Waals surface area contributed by atoms with Gasteiger partial charge in [0.2, 0.25) is 5.91 Å². The van der Waals surface area contributed by atoms with Gasteiger partial charge in [0.1, 0.15) is 5.82 Å². The molecule has 0 saturated carbocycles. The number of piperazine rings is 1. The van der Waals surface area contributed by atoms with Crippen LogP contribution in [0.15, 0.2) is 18.2 Å². The van der Waals surface area contributed by atoms with Gasteiger partial charge in [-0.2, -0.15) is 0 Å². The monoisotopic (exact) mass is 462 g/mol. The maximum absolute atomic E-state index is 14.4. The molecular formula is C21H33Cl2FN4O2. The summed E-state index contributed by atoms with van der Waals surface area (Å²) < 4.78 is 14.4. The van der Waals surface area contributed by atoms with Crippen LogP contribution < -0.4 is 10.6 Å². The molecule has 1 aromatic rings. The Kier molecular flexibility index (Phi) is 9.54. The molecule has 0 aromatic heterocycles. The van der Waals surface area contributed by atoms with Crippen LogP contribution in [0.25, 0.3) is 0 Å². The molecule has 0 radical (unpaired) electrons. The van der Waals surface area contributed by atoms with Crippen molar-refractivity contribution in [3.05, 3.63) is 29.6 Å². The molecule has 1 unspecified atom stereocenters. The molecule has 1 amide bonds. The molecule has 0 aliphatic carbocycles. The fourth-order valence-corrected chi connectivity index (χ4v) is 4.09. The van der Waals surface area contributed by atoms with Crippen LogP contribution in [0.2, 0.25) is 0 Å². The van der Waals surface area contributed by atoms with E-state index in [1.54, 1.807) is 12.1 Å². The lowest BCUT2D eigenvalue weighted by Gasteiger charge is -2.43. The second kappa shape index (κ2) is 10.8. The Morgan fingerprint density at radius 3 is 2.30 bits per heavy atom. The van der Waals surface area contributed by atoms with Crippen molar-refractivity contribution in [1.82, 2.24) is 9.80 Å². The number of nitrogens with zero attached hydrogens (tertiary/aromatic N) is 3. The number of carbonyl (C=O) groups is 2. The van der Waals surface area contributed by atoms with Crippen LogP contribution in [0.3, 0.4) is 0 Å². The predicted molar refractivity (Wildman–Crippen MR) is 123 cm³/mol. The van der Waals surface area contributed by atoms with Crippen molar-refractivity contribution in [2.24, 2.45) is 11.1 Å². The average Bonchev–Trinajstić information content (AvgIpc) is 2.64. The van der Waals surface area contributed by atoms with Crippen LogP contribution in [0.4, 0.5) is 10.1 Å². The number of hydrogen-bond acceptors (Lipinski definition) is 5. The van der Waals surface area contributed by atoms with Crippen molar-refractivity contribution < 1.29 is 14.0 Å². The van der Waals surface area contributed by atoms with Crippen molar-refractivity contribution in [3.63, 3.8) is 0 Å². The Hall–Kier alpha value is -1.41. The molecule has 2 N–H and O–H groups in total. The lowest BCUT2D eigenvalue weighted by atomic mass is 9.80. The zero-order valence-corrected chi connectivity index (χ0v) is 19.5. The number of benzene rings is 1. The molecule has 0 spiro atoms. The van der Waals surface area contributed by atoms with Crippen LogP contribution >= 0.6 is 24.8 Å². The highest BCUT2D eigenvalue weighted by Crippen LogP contribution is 2.28. The molecule has 2 saturated heterocycles. The summed E-state index contributed by atoms with van der Waals surface area (Å²) >= 11 is 0. The minimum absolute atomic E-state index is 0. The summed E-state index contributed by atoms with van der Waals surface area (Å²) in [5, 5.41) is 0. The zero-order chi connectivity index (χ0) is 20.5. The molecule has 170 valence electrons. The van der Waals surface area contributed by atoms with Crippen molar-refractivity contribution in [1.29, 1.82) is 0 Å². The van der Waals surface area contributed by atoms with E-state index in [1.807, 2.05) is 9.80 Å². The van der Waals surface area contributed by atoms with Gasteiger partial charge in [0.25, 0.3) is 0 Å². The van der Waals surface area contributed by atoms with Crippen LogP contribution in [0, 0.1) is 11.2 Å². The van der Waals surface area contributed by atoms with Gasteiger partial charge in [-0.3, -0.25) is 14.5 Å². The van der Waals surface area contributed by atoms with Gasteiger partial charge in [-0.15, -0.1) is 24.8 Å². The van der Waals surface area contributed by atoms with E-state index in [0.717, 1.165) is 19.5 Å². The number of nitrogens with two attached hydrogens (primary N) is 1. The quantitative estimate of drug-likeness (QED) is 0.696. The van der Waals surface area contributed by atoms with Gasteiger partial charge in [0.15, 0.2) is 5.78 Å². The van der Waals surface area contributed by atoms with Crippen LogP contribution in [-0.4, -0.2) is 73.3 Å². The summed E-state index contributed by atoms with van der Waals surface area (Å²) in [4.78, 5) is 30.1. The summed E-state index contributed by atoms with van der Waals surface area (Å²) in [5.41, 5.74) is 7.06. The first-order chi connectivity index (χ1) is 13.2. The van der Waals surface area contributed by atoms with E-state index in [4.69, 9.17) is 5.73 Å². The first-order valence-corrected chi connectivity index (χ1v) is 9.98. The SMILES string of the molecule is CC(=O)c1ccc(N2CCN(C(=O)CN3CCC(N)C(C)(C)C3)CC2)c(F)c1.Cl.Cl. The molecule has 2 heterocycles. The van der Waals surface area contributed by atoms with E-state index < -0.39 is 0 Å². The average molecular weight is 463 g/mol. The molecular weight excluding hydrogens is 430 g/mol. The van der Waals surface area contributed by atoms with E-state index >= 15 is 0 Å². The summed E-state index contributed by atoms with van der Waals surface area (Å²) in [6.07, 6.45) is 0.906. The Labute approximate surface area is 190 Å². The molecule has 2 aliphatic rings. The number of halogens is 3. The minimum atomic E-state index is -0.389. The third-order valence-electron chi connectivity index (χ3n) is 6.08. The second-order valence-corrected chi connectivity index (χ2v) is 8.68. The third-order valence-corrected chi connectivity index (χ3v) is 6.08. The number of amides is 1. The van der Waals surface area contributed by atoms with Gasteiger partial charge < -0.3 is 15.5 Å². The maximum Gasteiger partial charge on any atom is 0.236 e. The molecule has 2 fully saturated rings. The first-order valence-electron chi connectivity index (χ1n) is 9.98. The molecule has 1 aromatic carbocycles. The second-order valence-electron chi connectivity index (χ2n) is 8.68. The Balaban J connectivity index is 0.00000225. The first kappa shape index (κ1) is 26.6. The molecule has 6 nitrogen and oxygen atoms in total. The lowest BCUT2D eigenvalue weighted by molar-refractivity contribution is -0.133. The third kappa shape index (κ3) is 6.06. The van der Waals surface area contributed by atoms with Gasteiger partial charge in [-0.05, 0) is 37.0 Å². The highest BCUT2D eigenvalue weighted by molar-refractivity contribution is 5.94. The fourth-order valence-electron chi connectivity index (χ4n) is 4.09. The number of anilines is 1. The molecule has 9 heteroatoms. The summed E-state index contributed by atoms with van der Waals surface area (Å²) in [6.45, 7) is 10.1. The number of Topliss-reactive ketones (excluding diaryl/α,β-unsaturated/α-hetero) is 1. The molecule has 3 rings (SSSR count). The predicted octanol–water partition coefficient (Wildman–Crippen LogP) is 2.58. The summed E-state index contributed by atoms with van der Waals surface area (Å²) in [5.74, 6) is -0.416. The molecule has 2 aliphatic heterocycles. The van der Waals surface area contributed by atoms with E-state index in [2.05, 4.69) is 18.7 Å². The highest BCUT2D eigenvalue weighted by atomic mass is 35.5. The van der Waals surface area contributed by atoms with Gasteiger partial charge in [0.05, 0.1) is 12.2 Å². The highest BCUT2D eigenvalue weighted by Gasteiger charge is 2.34. The number of piperidine rings is 1. The van der Waals surface area contributed by atoms with E-state index in [0.29, 0.717) is 44.0 Å². The maximum atomic E-state index is 14.4. The number of hydrogen-bond donors (Lipinski definition) is 1. The Morgan fingerprint density at radius 1 is 1.13 bits per heavy atom. The van der Waals surface area contributed by atoms with Gasteiger partial charge >= 0.3 is 0 Å². The number of ketones is 1. The Morgan fingerprint density at radius 2 is 1.77 bits per heavy atom. The van der Waals surface area contributed by atoms with Crippen molar-refractivity contribution in [2.45, 2.75) is 33.2 Å². The van der Waals surface area contributed by atoms with Gasteiger partial charge in [0, 0.05) is 50.9 Å². The van der Waals surface area contributed by atoms with Crippen molar-refractivity contribution in [3.8, 4) is 0 Å². The Bertz CT molecular complexity index is 755. The van der Waals surface area contributed by atoms with Crippen LogP contribution in [-0.2, 0) is 4.79 Å². The van der Waals surface area contributed by atoms with Crippen molar-refractivity contribution >= 4 is 42.2 Å². The summed E-state index contributed by atoms with van der Waals surface area (Å²) in [6, 6.07) is 4.77. The number of carbonyl (C=O) groups excluding carboxylic acids is 2. The number of rotatable bonds is 4. The van der Waals surface area contributed by atoms with E-state index in [-0.39, 0.29) is 53.8 Å². The molecule has 0 bridgehead atoms. The van der Waals surface area contributed by atoms with Crippen LogP contribution in [0.1, 0.15) is 37.6 Å².